The molecule has 1 aliphatic heterocycles. The first-order valence-corrected chi connectivity index (χ1v) is 9.23. The molecule has 1 atom stereocenters. The van der Waals surface area contributed by atoms with Crippen molar-refractivity contribution < 1.29 is 0 Å². The normalized spacial score (nSPS) is 20.3. The molecule has 0 saturated carbocycles. The van der Waals surface area contributed by atoms with Crippen LogP contribution in [0.5, 0.6) is 0 Å². The summed E-state index contributed by atoms with van der Waals surface area (Å²) in [5, 5.41) is 0.743. The minimum absolute atomic E-state index is 0.559. The topological polar surface area (TPSA) is 60.6 Å². The molecule has 2 N–H and O–H groups in total. The van der Waals surface area contributed by atoms with Crippen LogP contribution in [-0.4, -0.2) is 37.4 Å². The highest BCUT2D eigenvalue weighted by Gasteiger charge is 2.30. The van der Waals surface area contributed by atoms with Crippen LogP contribution >= 0.6 is 11.6 Å². The number of hydrogen-bond acceptors (Lipinski definition) is 3. The summed E-state index contributed by atoms with van der Waals surface area (Å²) in [6.45, 7) is 2.06. The number of aromatic amines is 2. The van der Waals surface area contributed by atoms with E-state index in [9.17, 15) is 0 Å². The van der Waals surface area contributed by atoms with Crippen molar-refractivity contribution in [2.45, 2.75) is 38.3 Å². The van der Waals surface area contributed by atoms with E-state index in [1.807, 2.05) is 30.6 Å². The quantitative estimate of drug-likeness (QED) is 0.742. The largest absolute Gasteiger partial charge is 0.347 e. The number of aromatic nitrogens is 4. The van der Waals surface area contributed by atoms with Gasteiger partial charge in [-0.1, -0.05) is 23.7 Å². The summed E-state index contributed by atoms with van der Waals surface area (Å²) in [7, 11) is 0. The fraction of sp³-hybridized carbons (Fsp3) is 0.368. The van der Waals surface area contributed by atoms with Crippen LogP contribution in [0.4, 0.5) is 0 Å². The van der Waals surface area contributed by atoms with Crippen molar-refractivity contribution in [3.8, 4) is 11.4 Å². The molecule has 5 rings (SSSR count). The maximum atomic E-state index is 6.33. The van der Waals surface area contributed by atoms with Gasteiger partial charge in [0.25, 0.3) is 0 Å². The van der Waals surface area contributed by atoms with Crippen LogP contribution in [0.3, 0.4) is 0 Å². The SMILES string of the molecule is Clc1ccccc1-c1nc2c([nH]1)CC(N1CCc3nc[nH]c3C1)CC2. The summed E-state index contributed by atoms with van der Waals surface area (Å²) >= 11 is 6.33. The maximum Gasteiger partial charge on any atom is 0.139 e. The second kappa shape index (κ2) is 6.00. The maximum absolute atomic E-state index is 6.33. The molecular formula is C19H20ClN5. The van der Waals surface area contributed by atoms with E-state index in [0.29, 0.717) is 6.04 Å². The van der Waals surface area contributed by atoms with Gasteiger partial charge in [-0.2, -0.15) is 0 Å². The van der Waals surface area contributed by atoms with Crippen LogP contribution in [0.15, 0.2) is 30.6 Å². The molecule has 2 aromatic heterocycles. The Balaban J connectivity index is 1.38. The standard InChI is InChI=1S/C19H20ClN5/c20-14-4-2-1-3-13(14)19-23-16-6-5-12(9-17(16)24-19)25-8-7-15-18(10-25)22-11-21-15/h1-4,11-12H,5-10H2,(H,21,22)(H,23,24). The smallest absolute Gasteiger partial charge is 0.139 e. The van der Waals surface area contributed by atoms with Crippen molar-refractivity contribution in [1.29, 1.82) is 0 Å². The monoisotopic (exact) mass is 353 g/mol. The predicted octanol–water partition coefficient (Wildman–Crippen LogP) is 3.37. The van der Waals surface area contributed by atoms with Crippen LogP contribution in [-0.2, 0) is 25.8 Å². The predicted molar refractivity (Wildman–Crippen MR) is 97.5 cm³/mol. The first-order chi connectivity index (χ1) is 12.3. The van der Waals surface area contributed by atoms with Gasteiger partial charge in [0, 0.05) is 43.2 Å². The molecule has 0 amide bonds. The van der Waals surface area contributed by atoms with E-state index >= 15 is 0 Å². The molecule has 3 aromatic rings. The van der Waals surface area contributed by atoms with E-state index in [1.165, 1.54) is 22.8 Å². The zero-order chi connectivity index (χ0) is 16.8. The average Bonchev–Trinajstić information content (AvgIpc) is 3.27. The van der Waals surface area contributed by atoms with Gasteiger partial charge in [-0.05, 0) is 25.0 Å². The van der Waals surface area contributed by atoms with Crippen LogP contribution < -0.4 is 0 Å². The highest BCUT2D eigenvalue weighted by molar-refractivity contribution is 6.33. The second-order valence-electron chi connectivity index (χ2n) is 6.94. The van der Waals surface area contributed by atoms with E-state index in [-0.39, 0.29) is 0 Å². The van der Waals surface area contributed by atoms with Gasteiger partial charge in [0.2, 0.25) is 0 Å². The van der Waals surface area contributed by atoms with E-state index < -0.39 is 0 Å². The van der Waals surface area contributed by atoms with Crippen molar-refractivity contribution in [3.63, 3.8) is 0 Å². The Kier molecular flexibility index (Phi) is 3.64. The molecule has 0 bridgehead atoms. The number of halogens is 1. The molecule has 6 heteroatoms. The van der Waals surface area contributed by atoms with Crippen LogP contribution in [0.25, 0.3) is 11.4 Å². The lowest BCUT2D eigenvalue weighted by Crippen LogP contribution is -2.42. The van der Waals surface area contributed by atoms with Gasteiger partial charge >= 0.3 is 0 Å². The fourth-order valence-corrected chi connectivity index (χ4v) is 4.32. The number of nitrogens with one attached hydrogen (secondary N) is 2. The zero-order valence-electron chi connectivity index (χ0n) is 13.9. The number of nitrogens with zero attached hydrogens (tertiary/aromatic N) is 3. The van der Waals surface area contributed by atoms with Gasteiger partial charge in [0.15, 0.2) is 0 Å². The molecule has 2 aliphatic rings. The number of hydrogen-bond donors (Lipinski definition) is 2. The molecule has 0 fully saturated rings. The third kappa shape index (κ3) is 2.68. The highest BCUT2D eigenvalue weighted by Crippen LogP contribution is 2.31. The molecule has 3 heterocycles. The summed E-state index contributed by atoms with van der Waals surface area (Å²) in [5.74, 6) is 0.894. The molecule has 1 aliphatic carbocycles. The molecule has 0 spiro atoms. The van der Waals surface area contributed by atoms with Gasteiger partial charge < -0.3 is 9.97 Å². The van der Waals surface area contributed by atoms with Gasteiger partial charge in [-0.3, -0.25) is 4.90 Å². The van der Waals surface area contributed by atoms with Gasteiger partial charge in [0.05, 0.1) is 28.4 Å². The lowest BCUT2D eigenvalue weighted by molar-refractivity contribution is 0.159. The van der Waals surface area contributed by atoms with Gasteiger partial charge in [0.1, 0.15) is 5.82 Å². The third-order valence-electron chi connectivity index (χ3n) is 5.47. The van der Waals surface area contributed by atoms with E-state index in [0.717, 1.165) is 55.2 Å². The van der Waals surface area contributed by atoms with Crippen molar-refractivity contribution in [1.82, 2.24) is 24.8 Å². The first kappa shape index (κ1) is 15.2. The van der Waals surface area contributed by atoms with Crippen LogP contribution in [0.1, 0.15) is 29.2 Å². The van der Waals surface area contributed by atoms with E-state index in [4.69, 9.17) is 16.6 Å². The average molecular weight is 354 g/mol. The summed E-state index contributed by atoms with van der Waals surface area (Å²) in [5.41, 5.74) is 5.95. The number of rotatable bonds is 2. The summed E-state index contributed by atoms with van der Waals surface area (Å²) in [4.78, 5) is 18.6. The van der Waals surface area contributed by atoms with Crippen LogP contribution in [0.2, 0.25) is 5.02 Å². The lowest BCUT2D eigenvalue weighted by Gasteiger charge is -2.35. The molecule has 128 valence electrons. The molecule has 25 heavy (non-hydrogen) atoms. The first-order valence-electron chi connectivity index (χ1n) is 8.86. The number of H-pyrrole nitrogens is 2. The Labute approximate surface area is 151 Å². The molecular weight excluding hydrogens is 334 g/mol. The summed E-state index contributed by atoms with van der Waals surface area (Å²) in [6, 6.07) is 8.45. The van der Waals surface area contributed by atoms with E-state index in [2.05, 4.69) is 19.9 Å². The highest BCUT2D eigenvalue weighted by atomic mass is 35.5. The molecule has 1 unspecified atom stereocenters. The summed E-state index contributed by atoms with van der Waals surface area (Å²) in [6.07, 6.45) is 6.06. The van der Waals surface area contributed by atoms with Crippen molar-refractivity contribution >= 4 is 11.6 Å². The van der Waals surface area contributed by atoms with Crippen molar-refractivity contribution in [3.05, 3.63) is 58.4 Å². The Morgan fingerprint density at radius 3 is 2.96 bits per heavy atom. The Hall–Kier alpha value is -2.11. The molecule has 0 radical (unpaired) electrons. The number of benzene rings is 1. The Morgan fingerprint density at radius 1 is 1.12 bits per heavy atom. The number of fused-ring (bicyclic) bond motifs is 2. The minimum atomic E-state index is 0.559. The second-order valence-corrected chi connectivity index (χ2v) is 7.34. The molecule has 0 saturated heterocycles. The number of imidazole rings is 2. The summed E-state index contributed by atoms with van der Waals surface area (Å²) < 4.78 is 0. The van der Waals surface area contributed by atoms with Crippen molar-refractivity contribution in [2.24, 2.45) is 0 Å². The molecule has 1 aromatic carbocycles. The van der Waals surface area contributed by atoms with Crippen molar-refractivity contribution in [2.75, 3.05) is 6.54 Å². The third-order valence-corrected chi connectivity index (χ3v) is 5.80. The lowest BCUT2D eigenvalue weighted by atomic mass is 9.93. The van der Waals surface area contributed by atoms with Gasteiger partial charge in [-0.25, -0.2) is 9.97 Å². The zero-order valence-corrected chi connectivity index (χ0v) is 14.7. The molecule has 5 nitrogen and oxygen atoms in total. The van der Waals surface area contributed by atoms with Gasteiger partial charge in [-0.15, -0.1) is 0 Å². The fourth-order valence-electron chi connectivity index (χ4n) is 4.10. The number of aryl methyl sites for hydroxylation is 1. The van der Waals surface area contributed by atoms with Crippen LogP contribution in [0, 0.1) is 0 Å². The van der Waals surface area contributed by atoms with E-state index in [1.54, 1.807) is 0 Å². The Morgan fingerprint density at radius 2 is 2.04 bits per heavy atom. The minimum Gasteiger partial charge on any atom is -0.347 e. The Bertz CT molecular complexity index is 912.